The molecule has 140 valence electrons. The molecule has 2 aromatic heterocycles. The highest BCUT2D eigenvalue weighted by Gasteiger charge is 2.33. The molecule has 0 aliphatic carbocycles. The van der Waals surface area contributed by atoms with Crippen LogP contribution in [0.5, 0.6) is 5.88 Å². The number of rotatable bonds is 5. The van der Waals surface area contributed by atoms with Crippen LogP contribution in [0.25, 0.3) is 0 Å². The summed E-state index contributed by atoms with van der Waals surface area (Å²) in [6.07, 6.45) is -1.72. The average molecular weight is 386 g/mol. The number of alkyl halides is 3. The summed E-state index contributed by atoms with van der Waals surface area (Å²) in [7, 11) is 0. The van der Waals surface area contributed by atoms with Crippen molar-refractivity contribution in [2.45, 2.75) is 38.5 Å². The summed E-state index contributed by atoms with van der Waals surface area (Å²) in [6, 6.07) is 1.76. The van der Waals surface area contributed by atoms with Crippen LogP contribution in [0.3, 0.4) is 0 Å². The standard InChI is InChI=1S/C16H17F3N4O2S/c1-2-3-12-14(26-22-21-12)15(24)23-7-5-11(9-23)25-13-8-10(4-6-20-13)16(17,18)19/h4,6,8,11H,2-3,5,7,9H2,1H3/t11-/m1/s1. The number of aromatic nitrogens is 3. The molecule has 3 rings (SSSR count). The minimum atomic E-state index is -4.45. The highest BCUT2D eigenvalue weighted by Crippen LogP contribution is 2.31. The van der Waals surface area contributed by atoms with Crippen LogP contribution in [0, 0.1) is 0 Å². The predicted octanol–water partition coefficient (Wildman–Crippen LogP) is 3.20. The Balaban J connectivity index is 1.64. The Morgan fingerprint density at radius 3 is 3.00 bits per heavy atom. The fourth-order valence-electron chi connectivity index (χ4n) is 2.74. The van der Waals surface area contributed by atoms with E-state index in [-0.39, 0.29) is 11.8 Å². The topological polar surface area (TPSA) is 68.2 Å². The lowest BCUT2D eigenvalue weighted by Crippen LogP contribution is -2.31. The van der Waals surface area contributed by atoms with Crippen molar-refractivity contribution in [2.24, 2.45) is 0 Å². The number of aryl methyl sites for hydroxylation is 1. The summed E-state index contributed by atoms with van der Waals surface area (Å²) in [6.45, 7) is 2.75. The van der Waals surface area contributed by atoms with Gasteiger partial charge in [0.25, 0.3) is 5.91 Å². The Bertz CT molecular complexity index is 781. The third-order valence-corrected chi connectivity index (χ3v) is 4.77. The Hall–Kier alpha value is -2.23. The number of pyridine rings is 1. The van der Waals surface area contributed by atoms with Gasteiger partial charge in [0.05, 0.1) is 17.8 Å². The molecule has 1 fully saturated rings. The zero-order chi connectivity index (χ0) is 18.7. The Morgan fingerprint density at radius 2 is 2.27 bits per heavy atom. The number of amides is 1. The normalized spacial score (nSPS) is 17.5. The van der Waals surface area contributed by atoms with Crippen molar-refractivity contribution in [1.29, 1.82) is 0 Å². The SMILES string of the molecule is CCCc1nnsc1C(=O)N1CC[C@@H](Oc2cc(C(F)(F)F)ccn2)C1. The second-order valence-corrected chi connectivity index (χ2v) is 6.71. The molecule has 0 aromatic carbocycles. The maximum atomic E-state index is 12.8. The lowest BCUT2D eigenvalue weighted by molar-refractivity contribution is -0.137. The largest absolute Gasteiger partial charge is 0.472 e. The van der Waals surface area contributed by atoms with E-state index in [1.165, 1.54) is 0 Å². The van der Waals surface area contributed by atoms with Gasteiger partial charge in [-0.1, -0.05) is 17.8 Å². The van der Waals surface area contributed by atoms with Crippen molar-refractivity contribution in [3.05, 3.63) is 34.5 Å². The molecule has 0 radical (unpaired) electrons. The molecule has 0 unspecified atom stereocenters. The van der Waals surface area contributed by atoms with E-state index in [0.717, 1.165) is 36.3 Å². The van der Waals surface area contributed by atoms with Crippen LogP contribution in [0.1, 0.15) is 40.7 Å². The number of nitrogens with zero attached hydrogens (tertiary/aromatic N) is 4. The van der Waals surface area contributed by atoms with Crippen LogP contribution in [0.4, 0.5) is 13.2 Å². The van der Waals surface area contributed by atoms with Crippen LogP contribution in [0.15, 0.2) is 18.3 Å². The first-order valence-corrected chi connectivity index (χ1v) is 8.96. The van der Waals surface area contributed by atoms with Gasteiger partial charge in [-0.2, -0.15) is 13.2 Å². The summed E-state index contributed by atoms with van der Waals surface area (Å²) in [4.78, 5) is 18.6. The highest BCUT2D eigenvalue weighted by atomic mass is 32.1. The zero-order valence-electron chi connectivity index (χ0n) is 14.0. The highest BCUT2D eigenvalue weighted by molar-refractivity contribution is 7.08. The van der Waals surface area contributed by atoms with Gasteiger partial charge in [-0.25, -0.2) is 4.98 Å². The fraction of sp³-hybridized carbons (Fsp3) is 0.500. The molecule has 1 atom stereocenters. The molecular formula is C16H17F3N4O2S. The van der Waals surface area contributed by atoms with Crippen LogP contribution >= 0.6 is 11.5 Å². The predicted molar refractivity (Wildman–Crippen MR) is 88.1 cm³/mol. The monoisotopic (exact) mass is 386 g/mol. The third kappa shape index (κ3) is 4.12. The summed E-state index contributed by atoms with van der Waals surface area (Å²) < 4.78 is 47.7. The van der Waals surface area contributed by atoms with Crippen LogP contribution in [-0.2, 0) is 12.6 Å². The number of ether oxygens (including phenoxy) is 1. The van der Waals surface area contributed by atoms with Crippen LogP contribution < -0.4 is 4.74 Å². The summed E-state index contributed by atoms with van der Waals surface area (Å²) in [5.74, 6) is -0.253. The van der Waals surface area contributed by atoms with Gasteiger partial charge in [0.15, 0.2) is 0 Å². The van der Waals surface area contributed by atoms with E-state index >= 15 is 0 Å². The summed E-state index contributed by atoms with van der Waals surface area (Å²) in [5.41, 5.74) is -0.125. The molecule has 1 saturated heterocycles. The number of hydrogen-bond acceptors (Lipinski definition) is 6. The van der Waals surface area contributed by atoms with E-state index in [1.807, 2.05) is 6.92 Å². The lowest BCUT2D eigenvalue weighted by atomic mass is 10.2. The minimum Gasteiger partial charge on any atom is -0.472 e. The minimum absolute atomic E-state index is 0.0924. The van der Waals surface area contributed by atoms with Gasteiger partial charge >= 0.3 is 6.18 Å². The lowest BCUT2D eigenvalue weighted by Gasteiger charge is -2.17. The summed E-state index contributed by atoms with van der Waals surface area (Å²) >= 11 is 1.06. The van der Waals surface area contributed by atoms with E-state index in [9.17, 15) is 18.0 Å². The first-order valence-electron chi connectivity index (χ1n) is 8.19. The van der Waals surface area contributed by atoms with Crippen molar-refractivity contribution in [1.82, 2.24) is 19.5 Å². The Kier molecular flexibility index (Phi) is 5.40. The first-order chi connectivity index (χ1) is 12.4. The van der Waals surface area contributed by atoms with E-state index < -0.39 is 17.8 Å². The molecule has 1 amide bonds. The maximum Gasteiger partial charge on any atom is 0.416 e. The number of hydrogen-bond donors (Lipinski definition) is 0. The quantitative estimate of drug-likeness (QED) is 0.789. The molecule has 1 aliphatic heterocycles. The molecule has 0 bridgehead atoms. The van der Waals surface area contributed by atoms with Crippen LogP contribution in [-0.4, -0.2) is 44.6 Å². The van der Waals surface area contributed by atoms with E-state index in [4.69, 9.17) is 4.74 Å². The summed E-state index contributed by atoms with van der Waals surface area (Å²) in [5, 5.41) is 3.99. The molecule has 1 aliphatic rings. The van der Waals surface area contributed by atoms with Gasteiger partial charge in [0.2, 0.25) is 5.88 Å². The van der Waals surface area contributed by atoms with Crippen molar-refractivity contribution < 1.29 is 22.7 Å². The molecule has 3 heterocycles. The smallest absolute Gasteiger partial charge is 0.416 e. The zero-order valence-corrected chi connectivity index (χ0v) is 14.8. The second-order valence-electron chi connectivity index (χ2n) is 5.96. The third-order valence-electron chi connectivity index (χ3n) is 4.02. The number of carbonyl (C=O) groups is 1. The average Bonchev–Trinajstić information content (AvgIpc) is 3.24. The molecule has 0 spiro atoms. The van der Waals surface area contributed by atoms with Crippen molar-refractivity contribution in [3.8, 4) is 5.88 Å². The van der Waals surface area contributed by atoms with Gasteiger partial charge in [-0.05, 0) is 24.0 Å². The number of halogens is 3. The second kappa shape index (κ2) is 7.56. The van der Waals surface area contributed by atoms with Gasteiger partial charge in [-0.3, -0.25) is 4.79 Å². The van der Waals surface area contributed by atoms with Gasteiger partial charge in [-0.15, -0.1) is 5.10 Å². The van der Waals surface area contributed by atoms with E-state index in [0.29, 0.717) is 36.5 Å². The number of carbonyl (C=O) groups excluding carboxylic acids is 1. The Labute approximate surface area is 152 Å². The van der Waals surface area contributed by atoms with E-state index in [2.05, 4.69) is 14.6 Å². The fourth-order valence-corrected chi connectivity index (χ4v) is 3.42. The Morgan fingerprint density at radius 1 is 1.46 bits per heavy atom. The van der Waals surface area contributed by atoms with Crippen LogP contribution in [0.2, 0.25) is 0 Å². The van der Waals surface area contributed by atoms with Crippen molar-refractivity contribution in [3.63, 3.8) is 0 Å². The molecule has 2 aromatic rings. The molecule has 10 heteroatoms. The number of likely N-dealkylation sites (tertiary alicyclic amines) is 1. The molecule has 26 heavy (non-hydrogen) atoms. The molecule has 0 saturated carbocycles. The van der Waals surface area contributed by atoms with Crippen molar-refractivity contribution in [2.75, 3.05) is 13.1 Å². The van der Waals surface area contributed by atoms with Gasteiger partial charge < -0.3 is 9.64 Å². The van der Waals surface area contributed by atoms with Crippen molar-refractivity contribution >= 4 is 17.4 Å². The van der Waals surface area contributed by atoms with E-state index in [1.54, 1.807) is 4.90 Å². The first kappa shape index (κ1) is 18.6. The van der Waals surface area contributed by atoms with Gasteiger partial charge in [0.1, 0.15) is 11.0 Å². The molecule has 6 nitrogen and oxygen atoms in total. The van der Waals surface area contributed by atoms with Gasteiger partial charge in [0, 0.05) is 25.2 Å². The molecule has 0 N–H and O–H groups in total. The molecular weight excluding hydrogens is 369 g/mol. The maximum absolute atomic E-state index is 12.8.